The molecule has 1 saturated carbocycles. The Labute approximate surface area is 154 Å². The van der Waals surface area contributed by atoms with Crippen LogP contribution in [0, 0.1) is 5.92 Å². The van der Waals surface area contributed by atoms with Gasteiger partial charge in [-0.25, -0.2) is 0 Å². The summed E-state index contributed by atoms with van der Waals surface area (Å²) in [5.74, 6) is 0.00462. The highest BCUT2D eigenvalue weighted by atomic mass is 16.5. The van der Waals surface area contributed by atoms with E-state index in [-0.39, 0.29) is 24.5 Å². The number of ether oxygens (including phenoxy) is 1. The maximum absolute atomic E-state index is 12.0. The highest BCUT2D eigenvalue weighted by molar-refractivity contribution is 5.83. The van der Waals surface area contributed by atoms with E-state index in [2.05, 4.69) is 23.3 Å². The second kappa shape index (κ2) is 8.88. The van der Waals surface area contributed by atoms with Gasteiger partial charge < -0.3 is 15.0 Å². The van der Waals surface area contributed by atoms with Gasteiger partial charge in [-0.05, 0) is 43.2 Å². The fourth-order valence-corrected chi connectivity index (χ4v) is 3.76. The number of hydrogen-bond donors (Lipinski definition) is 2. The molecule has 0 saturated heterocycles. The summed E-state index contributed by atoms with van der Waals surface area (Å²) >= 11 is 0. The lowest BCUT2D eigenvalue weighted by molar-refractivity contribution is -0.149. The Bertz CT molecular complexity index is 753. The number of para-hydroxylation sites is 1. The number of rotatable bonds is 7. The Morgan fingerprint density at radius 1 is 1.23 bits per heavy atom. The standard InChI is InChI=1S/C21H28N2O3/c1-15-7-2-4-10-18(15)23-20(24)14-26-21(25)12-6-8-16-13-22-19-11-5-3-9-17(16)19/h3,5,9,11,13,15,18,22H,2,4,6-8,10,12,14H2,1H3,(H,23,24)/t15-,18+/m1/s1. The lowest BCUT2D eigenvalue weighted by atomic mass is 9.86. The smallest absolute Gasteiger partial charge is 0.306 e. The van der Waals surface area contributed by atoms with Crippen molar-refractivity contribution >= 4 is 22.8 Å². The first-order valence-electron chi connectivity index (χ1n) is 9.63. The normalized spacial score (nSPS) is 20.0. The number of carbonyl (C=O) groups excluding carboxylic acids is 2. The lowest BCUT2D eigenvalue weighted by Gasteiger charge is -2.29. The molecule has 1 heterocycles. The van der Waals surface area contributed by atoms with Gasteiger partial charge in [0, 0.05) is 29.6 Å². The van der Waals surface area contributed by atoms with E-state index >= 15 is 0 Å². The number of carbonyl (C=O) groups is 2. The summed E-state index contributed by atoms with van der Waals surface area (Å²) in [7, 11) is 0. The molecule has 26 heavy (non-hydrogen) atoms. The van der Waals surface area contributed by atoms with Gasteiger partial charge in [-0.1, -0.05) is 38.0 Å². The Hall–Kier alpha value is -2.30. The zero-order chi connectivity index (χ0) is 18.4. The van der Waals surface area contributed by atoms with Crippen molar-refractivity contribution in [1.29, 1.82) is 0 Å². The predicted octanol–water partition coefficient (Wildman–Crippen LogP) is 3.73. The van der Waals surface area contributed by atoms with Crippen LogP contribution < -0.4 is 5.32 Å². The molecule has 1 aromatic heterocycles. The molecule has 0 radical (unpaired) electrons. The molecule has 1 aromatic carbocycles. The van der Waals surface area contributed by atoms with Crippen molar-refractivity contribution in [2.45, 2.75) is 57.9 Å². The number of nitrogens with one attached hydrogen (secondary N) is 2. The van der Waals surface area contributed by atoms with Crippen LogP contribution in [0.5, 0.6) is 0 Å². The number of aromatic amines is 1. The van der Waals surface area contributed by atoms with Crippen LogP contribution >= 0.6 is 0 Å². The summed E-state index contributed by atoms with van der Waals surface area (Å²) in [4.78, 5) is 27.1. The topological polar surface area (TPSA) is 71.2 Å². The minimum absolute atomic E-state index is 0.171. The SMILES string of the molecule is C[C@@H]1CCCC[C@@H]1NC(=O)COC(=O)CCCc1c[nH]c2ccccc12. The number of H-pyrrole nitrogens is 1. The van der Waals surface area contributed by atoms with Gasteiger partial charge in [0.1, 0.15) is 0 Å². The van der Waals surface area contributed by atoms with Crippen molar-refractivity contribution in [2.24, 2.45) is 5.92 Å². The third kappa shape index (κ3) is 4.87. The van der Waals surface area contributed by atoms with Crippen molar-refractivity contribution in [3.8, 4) is 0 Å². The van der Waals surface area contributed by atoms with Crippen LogP contribution in [0.25, 0.3) is 10.9 Å². The molecule has 0 aliphatic heterocycles. The van der Waals surface area contributed by atoms with Gasteiger partial charge in [0.2, 0.25) is 0 Å². The molecule has 2 atom stereocenters. The average Bonchev–Trinajstić information content (AvgIpc) is 3.05. The van der Waals surface area contributed by atoms with Crippen LogP contribution in [0.15, 0.2) is 30.5 Å². The minimum Gasteiger partial charge on any atom is -0.456 e. The third-order valence-electron chi connectivity index (χ3n) is 5.32. The molecule has 3 rings (SSSR count). The van der Waals surface area contributed by atoms with Crippen LogP contribution in [0.1, 0.15) is 51.0 Å². The zero-order valence-corrected chi connectivity index (χ0v) is 15.4. The molecule has 2 aromatic rings. The molecular formula is C21H28N2O3. The summed E-state index contributed by atoms with van der Waals surface area (Å²) in [5.41, 5.74) is 2.32. The highest BCUT2D eigenvalue weighted by Gasteiger charge is 2.23. The number of aryl methyl sites for hydroxylation is 1. The quantitative estimate of drug-likeness (QED) is 0.743. The fourth-order valence-electron chi connectivity index (χ4n) is 3.76. The molecule has 1 aliphatic carbocycles. The van der Waals surface area contributed by atoms with Crippen LogP contribution in [0.3, 0.4) is 0 Å². The third-order valence-corrected chi connectivity index (χ3v) is 5.32. The van der Waals surface area contributed by atoms with Gasteiger partial charge in [0.05, 0.1) is 0 Å². The maximum atomic E-state index is 12.0. The van der Waals surface area contributed by atoms with Crippen LogP contribution in [-0.2, 0) is 20.7 Å². The molecular weight excluding hydrogens is 328 g/mol. The van der Waals surface area contributed by atoms with E-state index in [0.717, 1.165) is 31.2 Å². The maximum Gasteiger partial charge on any atom is 0.306 e. The highest BCUT2D eigenvalue weighted by Crippen LogP contribution is 2.23. The number of hydrogen-bond acceptors (Lipinski definition) is 3. The van der Waals surface area contributed by atoms with Crippen molar-refractivity contribution in [1.82, 2.24) is 10.3 Å². The first-order chi connectivity index (χ1) is 12.6. The van der Waals surface area contributed by atoms with Crippen molar-refractivity contribution in [3.05, 3.63) is 36.0 Å². The van der Waals surface area contributed by atoms with Gasteiger partial charge in [-0.2, -0.15) is 0 Å². The molecule has 0 unspecified atom stereocenters. The van der Waals surface area contributed by atoms with Crippen LogP contribution in [0.4, 0.5) is 0 Å². The van der Waals surface area contributed by atoms with Crippen molar-refractivity contribution in [2.75, 3.05) is 6.61 Å². The molecule has 1 fully saturated rings. The molecule has 140 valence electrons. The molecule has 1 amide bonds. The van der Waals surface area contributed by atoms with E-state index in [1.165, 1.54) is 17.4 Å². The monoisotopic (exact) mass is 356 g/mol. The molecule has 0 bridgehead atoms. The summed E-state index contributed by atoms with van der Waals surface area (Å²) in [6.07, 6.45) is 8.40. The van der Waals surface area contributed by atoms with E-state index in [1.54, 1.807) is 0 Å². The predicted molar refractivity (Wildman–Crippen MR) is 102 cm³/mol. The molecule has 2 N–H and O–H groups in total. The minimum atomic E-state index is -0.309. The summed E-state index contributed by atoms with van der Waals surface area (Å²) in [6.45, 7) is 2.00. The van der Waals surface area contributed by atoms with Gasteiger partial charge in [-0.3, -0.25) is 9.59 Å². The number of benzene rings is 1. The Morgan fingerprint density at radius 3 is 2.88 bits per heavy atom. The Morgan fingerprint density at radius 2 is 2.04 bits per heavy atom. The average molecular weight is 356 g/mol. The molecule has 5 heteroatoms. The zero-order valence-electron chi connectivity index (χ0n) is 15.4. The van der Waals surface area contributed by atoms with E-state index < -0.39 is 0 Å². The van der Waals surface area contributed by atoms with E-state index in [0.29, 0.717) is 18.8 Å². The Balaban J connectivity index is 1.35. The number of fused-ring (bicyclic) bond motifs is 1. The second-order valence-electron chi connectivity index (χ2n) is 7.31. The van der Waals surface area contributed by atoms with Gasteiger partial charge in [0.15, 0.2) is 6.61 Å². The van der Waals surface area contributed by atoms with Crippen LogP contribution in [0.2, 0.25) is 0 Å². The second-order valence-corrected chi connectivity index (χ2v) is 7.31. The number of amides is 1. The van der Waals surface area contributed by atoms with E-state index in [9.17, 15) is 9.59 Å². The first-order valence-corrected chi connectivity index (χ1v) is 9.63. The summed E-state index contributed by atoms with van der Waals surface area (Å²) < 4.78 is 5.13. The molecule has 1 aliphatic rings. The lowest BCUT2D eigenvalue weighted by Crippen LogP contribution is -2.42. The van der Waals surface area contributed by atoms with Gasteiger partial charge >= 0.3 is 5.97 Å². The van der Waals surface area contributed by atoms with Crippen molar-refractivity contribution < 1.29 is 14.3 Å². The summed E-state index contributed by atoms with van der Waals surface area (Å²) in [6, 6.07) is 8.35. The fraction of sp³-hybridized carbons (Fsp3) is 0.524. The number of aromatic nitrogens is 1. The summed E-state index contributed by atoms with van der Waals surface area (Å²) in [5, 5.41) is 4.20. The van der Waals surface area contributed by atoms with Crippen molar-refractivity contribution in [3.63, 3.8) is 0 Å². The van der Waals surface area contributed by atoms with Gasteiger partial charge in [0.25, 0.3) is 5.91 Å². The first kappa shape index (κ1) is 18.5. The molecule has 5 nitrogen and oxygen atoms in total. The van der Waals surface area contributed by atoms with Crippen LogP contribution in [-0.4, -0.2) is 29.5 Å². The van der Waals surface area contributed by atoms with E-state index in [1.807, 2.05) is 24.4 Å². The Kier molecular flexibility index (Phi) is 6.31. The number of esters is 1. The van der Waals surface area contributed by atoms with E-state index in [4.69, 9.17) is 4.74 Å². The largest absolute Gasteiger partial charge is 0.456 e. The molecule has 0 spiro atoms. The van der Waals surface area contributed by atoms with Gasteiger partial charge in [-0.15, -0.1) is 0 Å².